The van der Waals surface area contributed by atoms with Crippen LogP contribution in [0, 0.1) is 12.8 Å². The molecule has 2 unspecified atom stereocenters. The molecule has 2 atom stereocenters. The van der Waals surface area contributed by atoms with E-state index in [0.29, 0.717) is 6.04 Å². The number of nitrogens with one attached hydrogen (secondary N) is 1. The van der Waals surface area contributed by atoms with Crippen LogP contribution < -0.4 is 10.2 Å². The summed E-state index contributed by atoms with van der Waals surface area (Å²) in [4.78, 5) is 11.3. The molecular formula is C13H22N4. The predicted molar refractivity (Wildman–Crippen MR) is 71.5 cm³/mol. The molecule has 1 aliphatic rings. The van der Waals surface area contributed by atoms with Gasteiger partial charge in [0.2, 0.25) is 0 Å². The quantitative estimate of drug-likeness (QED) is 0.853. The normalized spacial score (nSPS) is 24.8. The lowest BCUT2D eigenvalue weighted by Crippen LogP contribution is -2.40. The standard InChI is InChI=1S/C13H22N4/c1-9-5-6-17(10(2)7-9)13-8-12(14-4)15-11(3)16-13/h8-10H,5-7H2,1-4H3,(H,14,15,16). The van der Waals surface area contributed by atoms with Crippen molar-refractivity contribution < 1.29 is 0 Å². The molecule has 0 amide bonds. The van der Waals surface area contributed by atoms with Crippen LogP contribution in [0.4, 0.5) is 11.6 Å². The Morgan fingerprint density at radius 2 is 2.12 bits per heavy atom. The molecule has 0 aromatic carbocycles. The van der Waals surface area contributed by atoms with Crippen molar-refractivity contribution in [2.24, 2.45) is 5.92 Å². The van der Waals surface area contributed by atoms with Gasteiger partial charge in [-0.2, -0.15) is 0 Å². The molecule has 0 aliphatic carbocycles. The summed E-state index contributed by atoms with van der Waals surface area (Å²) in [5, 5.41) is 3.09. The van der Waals surface area contributed by atoms with Crippen molar-refractivity contribution in [3.63, 3.8) is 0 Å². The van der Waals surface area contributed by atoms with Crippen molar-refractivity contribution in [3.05, 3.63) is 11.9 Å². The first-order valence-corrected chi connectivity index (χ1v) is 6.40. The highest BCUT2D eigenvalue weighted by atomic mass is 15.2. The van der Waals surface area contributed by atoms with E-state index in [9.17, 15) is 0 Å². The van der Waals surface area contributed by atoms with Crippen LogP contribution in [0.2, 0.25) is 0 Å². The average molecular weight is 234 g/mol. The number of piperidine rings is 1. The van der Waals surface area contributed by atoms with Gasteiger partial charge in [-0.05, 0) is 32.6 Å². The van der Waals surface area contributed by atoms with Gasteiger partial charge in [0.15, 0.2) is 0 Å². The molecule has 4 nitrogen and oxygen atoms in total. The second-order valence-corrected chi connectivity index (χ2v) is 5.08. The van der Waals surface area contributed by atoms with E-state index in [4.69, 9.17) is 0 Å². The van der Waals surface area contributed by atoms with Gasteiger partial charge in [-0.1, -0.05) is 6.92 Å². The minimum atomic E-state index is 0.567. The van der Waals surface area contributed by atoms with E-state index >= 15 is 0 Å². The Kier molecular flexibility index (Phi) is 3.50. The van der Waals surface area contributed by atoms with Crippen LogP contribution >= 0.6 is 0 Å². The fourth-order valence-corrected chi connectivity index (χ4v) is 2.57. The van der Waals surface area contributed by atoms with Crippen molar-refractivity contribution in [2.75, 3.05) is 23.8 Å². The van der Waals surface area contributed by atoms with Crippen LogP contribution in [0.1, 0.15) is 32.5 Å². The maximum absolute atomic E-state index is 4.56. The molecule has 2 heterocycles. The van der Waals surface area contributed by atoms with Crippen LogP contribution in [0.25, 0.3) is 0 Å². The largest absolute Gasteiger partial charge is 0.373 e. The minimum absolute atomic E-state index is 0.567. The number of rotatable bonds is 2. The van der Waals surface area contributed by atoms with Gasteiger partial charge in [-0.15, -0.1) is 0 Å². The summed E-state index contributed by atoms with van der Waals surface area (Å²) in [7, 11) is 1.90. The Balaban J connectivity index is 2.24. The van der Waals surface area contributed by atoms with Crippen LogP contribution in [-0.4, -0.2) is 29.6 Å². The summed E-state index contributed by atoms with van der Waals surface area (Å²) >= 11 is 0. The number of aryl methyl sites for hydroxylation is 1. The van der Waals surface area contributed by atoms with E-state index in [1.54, 1.807) is 0 Å². The Hall–Kier alpha value is -1.32. The smallest absolute Gasteiger partial charge is 0.134 e. The lowest BCUT2D eigenvalue weighted by molar-refractivity contribution is 0.376. The molecule has 0 spiro atoms. The lowest BCUT2D eigenvalue weighted by Gasteiger charge is -2.37. The van der Waals surface area contributed by atoms with Crippen molar-refractivity contribution in [1.29, 1.82) is 0 Å². The molecule has 1 saturated heterocycles. The highest BCUT2D eigenvalue weighted by Crippen LogP contribution is 2.27. The third kappa shape index (κ3) is 2.68. The predicted octanol–water partition coefficient (Wildman–Crippen LogP) is 2.45. The van der Waals surface area contributed by atoms with Gasteiger partial charge in [0.25, 0.3) is 0 Å². The monoisotopic (exact) mass is 234 g/mol. The zero-order chi connectivity index (χ0) is 12.4. The summed E-state index contributed by atoms with van der Waals surface area (Å²) in [5.41, 5.74) is 0. The molecule has 1 fully saturated rings. The van der Waals surface area contributed by atoms with Crippen LogP contribution in [0.15, 0.2) is 6.07 Å². The van der Waals surface area contributed by atoms with Gasteiger partial charge in [0.1, 0.15) is 17.5 Å². The van der Waals surface area contributed by atoms with E-state index in [-0.39, 0.29) is 0 Å². The number of anilines is 2. The third-order valence-electron chi connectivity index (χ3n) is 3.51. The molecule has 0 bridgehead atoms. The highest BCUT2D eigenvalue weighted by molar-refractivity contribution is 5.50. The van der Waals surface area contributed by atoms with Crippen molar-refractivity contribution in [3.8, 4) is 0 Å². The SMILES string of the molecule is CNc1cc(N2CCC(C)CC2C)nc(C)n1. The maximum atomic E-state index is 4.56. The van der Waals surface area contributed by atoms with Gasteiger partial charge in [0, 0.05) is 25.7 Å². The summed E-state index contributed by atoms with van der Waals surface area (Å²) < 4.78 is 0. The van der Waals surface area contributed by atoms with Gasteiger partial charge in [-0.25, -0.2) is 9.97 Å². The fraction of sp³-hybridized carbons (Fsp3) is 0.692. The summed E-state index contributed by atoms with van der Waals surface area (Å²) in [5.74, 6) is 3.62. The molecule has 0 radical (unpaired) electrons. The van der Waals surface area contributed by atoms with E-state index in [1.165, 1.54) is 12.8 Å². The Morgan fingerprint density at radius 1 is 1.35 bits per heavy atom. The lowest BCUT2D eigenvalue weighted by atomic mass is 9.93. The number of aromatic nitrogens is 2. The summed E-state index contributed by atoms with van der Waals surface area (Å²) in [6.45, 7) is 7.66. The molecule has 1 aromatic heterocycles. The van der Waals surface area contributed by atoms with Gasteiger partial charge in [0.05, 0.1) is 0 Å². The van der Waals surface area contributed by atoms with Crippen molar-refractivity contribution >= 4 is 11.6 Å². The van der Waals surface area contributed by atoms with Gasteiger partial charge in [-0.3, -0.25) is 0 Å². The first kappa shape index (κ1) is 12.1. The average Bonchev–Trinajstić information content (AvgIpc) is 2.28. The fourth-order valence-electron chi connectivity index (χ4n) is 2.57. The second-order valence-electron chi connectivity index (χ2n) is 5.08. The number of nitrogens with zero attached hydrogens (tertiary/aromatic N) is 3. The molecule has 94 valence electrons. The molecule has 0 saturated carbocycles. The molecule has 1 aliphatic heterocycles. The third-order valence-corrected chi connectivity index (χ3v) is 3.51. The maximum Gasteiger partial charge on any atom is 0.134 e. The number of hydrogen-bond donors (Lipinski definition) is 1. The second kappa shape index (κ2) is 4.90. The zero-order valence-corrected chi connectivity index (χ0v) is 11.2. The van der Waals surface area contributed by atoms with E-state index in [2.05, 4.69) is 34.0 Å². The zero-order valence-electron chi connectivity index (χ0n) is 11.2. The molecule has 1 aromatic rings. The number of hydrogen-bond acceptors (Lipinski definition) is 4. The van der Waals surface area contributed by atoms with Gasteiger partial charge < -0.3 is 10.2 Å². The highest BCUT2D eigenvalue weighted by Gasteiger charge is 2.24. The van der Waals surface area contributed by atoms with Crippen molar-refractivity contribution in [1.82, 2.24) is 9.97 Å². The first-order chi connectivity index (χ1) is 8.10. The van der Waals surface area contributed by atoms with E-state index in [1.807, 2.05) is 20.0 Å². The Bertz CT molecular complexity index is 391. The molecule has 17 heavy (non-hydrogen) atoms. The topological polar surface area (TPSA) is 41.0 Å². The van der Waals surface area contributed by atoms with Gasteiger partial charge >= 0.3 is 0 Å². The molecular weight excluding hydrogens is 212 g/mol. The Morgan fingerprint density at radius 3 is 2.76 bits per heavy atom. The van der Waals surface area contributed by atoms with Crippen LogP contribution in [-0.2, 0) is 0 Å². The van der Waals surface area contributed by atoms with Crippen molar-refractivity contribution in [2.45, 2.75) is 39.7 Å². The molecule has 2 rings (SSSR count). The summed E-state index contributed by atoms with van der Waals surface area (Å²) in [6.07, 6.45) is 2.50. The van der Waals surface area contributed by atoms with E-state index in [0.717, 1.165) is 29.9 Å². The van der Waals surface area contributed by atoms with E-state index < -0.39 is 0 Å². The van der Waals surface area contributed by atoms with Crippen LogP contribution in [0.3, 0.4) is 0 Å². The van der Waals surface area contributed by atoms with Crippen LogP contribution in [0.5, 0.6) is 0 Å². The summed E-state index contributed by atoms with van der Waals surface area (Å²) in [6, 6.07) is 2.61. The minimum Gasteiger partial charge on any atom is -0.373 e. The Labute approximate surface area is 103 Å². The first-order valence-electron chi connectivity index (χ1n) is 6.40. The molecule has 1 N–H and O–H groups in total. The molecule has 4 heteroatoms.